The molecule has 0 radical (unpaired) electrons. The van der Waals surface area contributed by atoms with Crippen molar-refractivity contribution in [1.82, 2.24) is 0 Å². The van der Waals surface area contributed by atoms with Crippen LogP contribution in [0.3, 0.4) is 0 Å². The van der Waals surface area contributed by atoms with Gasteiger partial charge in [0.1, 0.15) is 31.0 Å². The van der Waals surface area contributed by atoms with Crippen molar-refractivity contribution >= 4 is 11.9 Å². The van der Waals surface area contributed by atoms with Gasteiger partial charge in [-0.25, -0.2) is 4.79 Å². The van der Waals surface area contributed by atoms with E-state index in [4.69, 9.17) is 14.2 Å². The van der Waals surface area contributed by atoms with Crippen molar-refractivity contribution in [1.29, 1.82) is 0 Å². The van der Waals surface area contributed by atoms with Crippen LogP contribution in [0, 0.1) is 0 Å². The van der Waals surface area contributed by atoms with Crippen LogP contribution in [0.1, 0.15) is 13.3 Å². The third-order valence-electron chi connectivity index (χ3n) is 3.25. The minimum atomic E-state index is -1.72. The summed E-state index contributed by atoms with van der Waals surface area (Å²) in [5.41, 5.74) is 0. The molecule has 1 aliphatic heterocycles. The molecule has 134 valence electrons. The van der Waals surface area contributed by atoms with E-state index in [9.17, 15) is 30.0 Å². The molecule has 10 nitrogen and oxygen atoms in total. The summed E-state index contributed by atoms with van der Waals surface area (Å²) in [5, 5.41) is 38.7. The number of ether oxygens (including phenoxy) is 4. The van der Waals surface area contributed by atoms with Gasteiger partial charge in [0.25, 0.3) is 0 Å². The van der Waals surface area contributed by atoms with Gasteiger partial charge in [0.05, 0.1) is 13.5 Å². The zero-order valence-electron chi connectivity index (χ0n) is 12.8. The van der Waals surface area contributed by atoms with E-state index in [1.165, 1.54) is 0 Å². The molecule has 10 heteroatoms. The molecular formula is C13H22O10. The predicted octanol–water partition coefficient (Wildman–Crippen LogP) is -2.70. The summed E-state index contributed by atoms with van der Waals surface area (Å²) >= 11 is 0. The molecule has 0 aliphatic carbocycles. The average molecular weight is 338 g/mol. The van der Waals surface area contributed by atoms with Gasteiger partial charge in [0.2, 0.25) is 0 Å². The van der Waals surface area contributed by atoms with Crippen LogP contribution in [0.4, 0.5) is 0 Å². The minimum absolute atomic E-state index is 0.189. The highest BCUT2D eigenvalue weighted by Crippen LogP contribution is 2.22. The van der Waals surface area contributed by atoms with Gasteiger partial charge in [-0.15, -0.1) is 0 Å². The fourth-order valence-corrected chi connectivity index (χ4v) is 1.94. The lowest BCUT2D eigenvalue weighted by Crippen LogP contribution is -2.59. The second kappa shape index (κ2) is 9.11. The Labute approximate surface area is 132 Å². The smallest absolute Gasteiger partial charge is 0.335 e. The summed E-state index contributed by atoms with van der Waals surface area (Å²) in [6.45, 7) is 1.33. The van der Waals surface area contributed by atoms with Gasteiger partial charge in [-0.3, -0.25) is 4.79 Å². The number of carbonyl (C=O) groups is 2. The van der Waals surface area contributed by atoms with E-state index in [2.05, 4.69) is 4.74 Å². The van der Waals surface area contributed by atoms with Crippen molar-refractivity contribution in [2.75, 3.05) is 20.3 Å². The van der Waals surface area contributed by atoms with Gasteiger partial charge in [-0.1, -0.05) is 0 Å². The Morgan fingerprint density at radius 3 is 2.39 bits per heavy atom. The van der Waals surface area contributed by atoms with E-state index in [0.29, 0.717) is 0 Å². The topological polar surface area (TPSA) is 152 Å². The highest BCUT2D eigenvalue weighted by molar-refractivity contribution is 5.81. The Bertz CT molecular complexity index is 400. The molecule has 1 heterocycles. The molecule has 1 rings (SSSR count). The van der Waals surface area contributed by atoms with Gasteiger partial charge in [0, 0.05) is 6.61 Å². The second-order valence-electron chi connectivity index (χ2n) is 4.90. The zero-order chi connectivity index (χ0) is 17.6. The molecule has 1 saturated heterocycles. The molecular weight excluding hydrogens is 316 g/mol. The predicted molar refractivity (Wildman–Crippen MR) is 71.9 cm³/mol. The van der Waals surface area contributed by atoms with E-state index < -0.39 is 61.8 Å². The summed E-state index contributed by atoms with van der Waals surface area (Å²) in [5.74, 6) is -1.90. The van der Waals surface area contributed by atoms with Crippen LogP contribution in [-0.4, -0.2) is 89.5 Å². The zero-order valence-corrected chi connectivity index (χ0v) is 12.8. The third kappa shape index (κ3) is 5.37. The maximum absolute atomic E-state index is 11.5. The Morgan fingerprint density at radius 2 is 1.83 bits per heavy atom. The van der Waals surface area contributed by atoms with E-state index in [-0.39, 0.29) is 6.61 Å². The molecule has 0 aromatic heterocycles. The number of hydrogen-bond acceptors (Lipinski definition) is 10. The first-order valence-electron chi connectivity index (χ1n) is 7.04. The van der Waals surface area contributed by atoms with Crippen LogP contribution >= 0.6 is 0 Å². The first-order valence-corrected chi connectivity index (χ1v) is 7.04. The summed E-state index contributed by atoms with van der Waals surface area (Å²) < 4.78 is 19.3. The Morgan fingerprint density at radius 1 is 1.17 bits per heavy atom. The molecule has 0 bridgehead atoms. The molecule has 1 unspecified atom stereocenters. The van der Waals surface area contributed by atoms with Crippen LogP contribution < -0.4 is 0 Å². The molecule has 6 atom stereocenters. The summed E-state index contributed by atoms with van der Waals surface area (Å²) in [7, 11) is 1.10. The minimum Gasteiger partial charge on any atom is -0.469 e. The lowest BCUT2D eigenvalue weighted by atomic mass is 9.99. The van der Waals surface area contributed by atoms with Crippen LogP contribution in [0.2, 0.25) is 0 Å². The summed E-state index contributed by atoms with van der Waals surface area (Å²) in [4.78, 5) is 22.5. The first kappa shape index (κ1) is 19.7. The number of aliphatic hydroxyl groups excluding tert-OH is 4. The molecule has 0 amide bonds. The average Bonchev–Trinajstić information content (AvgIpc) is 2.53. The number of carbonyl (C=O) groups excluding carboxylic acids is 2. The van der Waals surface area contributed by atoms with Crippen molar-refractivity contribution < 1.29 is 49.0 Å². The fourth-order valence-electron chi connectivity index (χ4n) is 1.94. The van der Waals surface area contributed by atoms with Gasteiger partial charge >= 0.3 is 11.9 Å². The van der Waals surface area contributed by atoms with Gasteiger partial charge < -0.3 is 39.4 Å². The maximum Gasteiger partial charge on any atom is 0.335 e. The molecule has 0 aromatic rings. The SMILES string of the molecule is CCO[C@@H]1O[C@H](COC(=O)C(O)CC(=O)OC)[C@@H](O)[C@H](O)[C@H]1O. The molecule has 0 saturated carbocycles. The monoisotopic (exact) mass is 338 g/mol. The quantitative estimate of drug-likeness (QED) is 0.361. The lowest BCUT2D eigenvalue weighted by Gasteiger charge is -2.39. The number of esters is 2. The Hall–Kier alpha value is -1.30. The van der Waals surface area contributed by atoms with Gasteiger partial charge in [-0.2, -0.15) is 0 Å². The van der Waals surface area contributed by atoms with Crippen LogP contribution in [0.25, 0.3) is 0 Å². The van der Waals surface area contributed by atoms with Gasteiger partial charge in [-0.05, 0) is 6.92 Å². The van der Waals surface area contributed by atoms with Crippen molar-refractivity contribution in [3.63, 3.8) is 0 Å². The van der Waals surface area contributed by atoms with Crippen LogP contribution in [0.15, 0.2) is 0 Å². The van der Waals surface area contributed by atoms with E-state index in [1.54, 1.807) is 6.92 Å². The second-order valence-corrected chi connectivity index (χ2v) is 4.90. The largest absolute Gasteiger partial charge is 0.469 e. The number of rotatable bonds is 7. The van der Waals surface area contributed by atoms with E-state index in [1.807, 2.05) is 0 Å². The number of hydrogen-bond donors (Lipinski definition) is 4. The Balaban J connectivity index is 2.54. The maximum atomic E-state index is 11.5. The highest BCUT2D eigenvalue weighted by Gasteiger charge is 2.44. The van der Waals surface area contributed by atoms with Crippen LogP contribution in [-0.2, 0) is 28.5 Å². The lowest BCUT2D eigenvalue weighted by molar-refractivity contribution is -0.300. The van der Waals surface area contributed by atoms with Crippen molar-refractivity contribution in [3.8, 4) is 0 Å². The molecule has 1 fully saturated rings. The fraction of sp³-hybridized carbons (Fsp3) is 0.846. The Kier molecular flexibility index (Phi) is 7.82. The summed E-state index contributed by atoms with van der Waals surface area (Å²) in [6, 6.07) is 0. The normalized spacial score (nSPS) is 32.2. The summed E-state index contributed by atoms with van der Waals surface area (Å²) in [6.07, 6.45) is -9.19. The molecule has 0 spiro atoms. The van der Waals surface area contributed by atoms with Crippen molar-refractivity contribution in [3.05, 3.63) is 0 Å². The molecule has 23 heavy (non-hydrogen) atoms. The first-order chi connectivity index (χ1) is 10.8. The van der Waals surface area contributed by atoms with Gasteiger partial charge in [0.15, 0.2) is 12.4 Å². The standard InChI is InChI=1S/C13H22O10/c1-3-21-13-11(18)10(17)9(16)7(23-13)5-22-12(19)6(14)4-8(15)20-2/h6-7,9-11,13-14,16-18H,3-5H2,1-2H3/t6?,7-,9-,10+,11-,13-/m1/s1. The van der Waals surface area contributed by atoms with E-state index in [0.717, 1.165) is 7.11 Å². The van der Waals surface area contributed by atoms with E-state index >= 15 is 0 Å². The molecule has 1 aliphatic rings. The number of aliphatic hydroxyl groups is 4. The number of methoxy groups -OCH3 is 1. The molecule has 4 N–H and O–H groups in total. The third-order valence-corrected chi connectivity index (χ3v) is 3.25. The molecule has 0 aromatic carbocycles. The highest BCUT2D eigenvalue weighted by atomic mass is 16.7. The van der Waals surface area contributed by atoms with Crippen molar-refractivity contribution in [2.45, 2.75) is 50.2 Å². The van der Waals surface area contributed by atoms with Crippen LogP contribution in [0.5, 0.6) is 0 Å². The van der Waals surface area contributed by atoms with Crippen molar-refractivity contribution in [2.24, 2.45) is 0 Å².